The van der Waals surface area contributed by atoms with Crippen molar-refractivity contribution in [3.8, 4) is 0 Å². The first kappa shape index (κ1) is 15.2. The number of epoxide rings is 1. The van der Waals surface area contributed by atoms with Gasteiger partial charge in [0.1, 0.15) is 6.10 Å². The molecular weight excluding hydrogens is 232 g/mol. The van der Waals surface area contributed by atoms with Crippen LogP contribution >= 0.6 is 0 Å². The van der Waals surface area contributed by atoms with Crippen molar-refractivity contribution in [3.63, 3.8) is 0 Å². The van der Waals surface area contributed by atoms with Crippen LogP contribution in [0.5, 0.6) is 0 Å². The van der Waals surface area contributed by atoms with E-state index in [0.29, 0.717) is 6.10 Å². The van der Waals surface area contributed by atoms with Gasteiger partial charge in [0, 0.05) is 13.7 Å². The zero-order valence-electron chi connectivity index (χ0n) is 11.7. The standard InChI is InChI=1S/C13H28O3Si/c1-14-17(2,3)10-8-6-4-5-7-9-15-11-13-12-16-13/h13H,4-12H2,1-3H3. The fraction of sp³-hybridized carbons (Fsp3) is 1.00. The van der Waals surface area contributed by atoms with Crippen molar-refractivity contribution < 1.29 is 13.9 Å². The molecule has 0 aromatic carbocycles. The van der Waals surface area contributed by atoms with Gasteiger partial charge in [0.05, 0.1) is 13.2 Å². The van der Waals surface area contributed by atoms with Gasteiger partial charge >= 0.3 is 0 Å². The molecule has 1 aliphatic rings. The molecule has 0 radical (unpaired) electrons. The average Bonchev–Trinajstić information content (AvgIpc) is 3.11. The fourth-order valence-electron chi connectivity index (χ4n) is 1.77. The SMILES string of the molecule is CO[Si](C)(C)CCCCCCCOCC1CO1. The van der Waals surface area contributed by atoms with Gasteiger partial charge in [0.15, 0.2) is 8.32 Å². The Hall–Kier alpha value is 0.0969. The minimum Gasteiger partial charge on any atom is -0.420 e. The molecule has 1 fully saturated rings. The minimum absolute atomic E-state index is 0.413. The van der Waals surface area contributed by atoms with E-state index in [1.165, 1.54) is 38.1 Å². The van der Waals surface area contributed by atoms with E-state index in [2.05, 4.69) is 13.1 Å². The van der Waals surface area contributed by atoms with Crippen LogP contribution in [0.1, 0.15) is 32.1 Å². The highest BCUT2D eigenvalue weighted by Crippen LogP contribution is 2.16. The van der Waals surface area contributed by atoms with Gasteiger partial charge in [-0.25, -0.2) is 0 Å². The van der Waals surface area contributed by atoms with E-state index in [0.717, 1.165) is 19.8 Å². The molecule has 0 aromatic rings. The lowest BCUT2D eigenvalue weighted by atomic mass is 10.2. The number of hydrogen-bond donors (Lipinski definition) is 0. The number of hydrogen-bond acceptors (Lipinski definition) is 3. The summed E-state index contributed by atoms with van der Waals surface area (Å²) in [4.78, 5) is 0. The monoisotopic (exact) mass is 260 g/mol. The van der Waals surface area contributed by atoms with E-state index in [-0.39, 0.29) is 0 Å². The summed E-state index contributed by atoms with van der Waals surface area (Å²) >= 11 is 0. The molecule has 0 saturated carbocycles. The first-order valence-corrected chi connectivity index (χ1v) is 10.00. The molecule has 0 spiro atoms. The highest BCUT2D eigenvalue weighted by molar-refractivity contribution is 6.71. The predicted molar refractivity (Wildman–Crippen MR) is 72.9 cm³/mol. The molecule has 1 rings (SSSR count). The Labute approximate surface area is 107 Å². The summed E-state index contributed by atoms with van der Waals surface area (Å²) in [5, 5.41) is 0. The second kappa shape index (κ2) is 8.24. The van der Waals surface area contributed by atoms with Crippen LogP contribution in [0.25, 0.3) is 0 Å². The summed E-state index contributed by atoms with van der Waals surface area (Å²) < 4.78 is 16.1. The maximum absolute atomic E-state index is 5.53. The lowest BCUT2D eigenvalue weighted by Gasteiger charge is -2.19. The molecular formula is C13H28O3Si. The smallest absolute Gasteiger partial charge is 0.186 e. The third-order valence-corrected chi connectivity index (χ3v) is 5.99. The molecule has 0 aliphatic carbocycles. The zero-order chi connectivity index (χ0) is 12.6. The maximum Gasteiger partial charge on any atom is 0.186 e. The molecule has 102 valence electrons. The highest BCUT2D eigenvalue weighted by atomic mass is 28.4. The predicted octanol–water partition coefficient (Wildman–Crippen LogP) is 3.20. The lowest BCUT2D eigenvalue weighted by Crippen LogP contribution is -2.27. The highest BCUT2D eigenvalue weighted by Gasteiger charge is 2.22. The van der Waals surface area contributed by atoms with Crippen molar-refractivity contribution in [2.75, 3.05) is 26.9 Å². The summed E-state index contributed by atoms with van der Waals surface area (Å²) in [6, 6.07) is 1.29. The molecule has 1 saturated heterocycles. The van der Waals surface area contributed by atoms with E-state index < -0.39 is 8.32 Å². The van der Waals surface area contributed by atoms with Gasteiger partial charge in [0.25, 0.3) is 0 Å². The number of unbranched alkanes of at least 4 members (excludes halogenated alkanes) is 4. The Morgan fingerprint density at radius 2 is 1.76 bits per heavy atom. The maximum atomic E-state index is 5.53. The molecule has 3 nitrogen and oxygen atoms in total. The fourth-order valence-corrected chi connectivity index (χ4v) is 3.07. The van der Waals surface area contributed by atoms with Gasteiger partial charge in [0.2, 0.25) is 0 Å². The van der Waals surface area contributed by atoms with E-state index in [1.807, 2.05) is 7.11 Å². The molecule has 1 heterocycles. The van der Waals surface area contributed by atoms with Crippen LogP contribution in [0.4, 0.5) is 0 Å². The van der Waals surface area contributed by atoms with Crippen molar-refractivity contribution in [2.24, 2.45) is 0 Å². The van der Waals surface area contributed by atoms with Crippen molar-refractivity contribution in [3.05, 3.63) is 0 Å². The second-order valence-electron chi connectivity index (χ2n) is 5.51. The van der Waals surface area contributed by atoms with Gasteiger partial charge in [-0.2, -0.15) is 0 Å². The van der Waals surface area contributed by atoms with Crippen molar-refractivity contribution in [1.29, 1.82) is 0 Å². The van der Waals surface area contributed by atoms with Gasteiger partial charge < -0.3 is 13.9 Å². The Kier molecular flexibility index (Phi) is 7.35. The summed E-state index contributed by atoms with van der Waals surface area (Å²) in [6.07, 6.45) is 6.89. The Morgan fingerprint density at radius 1 is 1.12 bits per heavy atom. The lowest BCUT2D eigenvalue weighted by molar-refractivity contribution is 0.113. The van der Waals surface area contributed by atoms with Gasteiger partial charge in [-0.15, -0.1) is 0 Å². The molecule has 1 atom stereocenters. The zero-order valence-corrected chi connectivity index (χ0v) is 12.7. The van der Waals surface area contributed by atoms with Crippen LogP contribution in [-0.2, 0) is 13.9 Å². The van der Waals surface area contributed by atoms with Crippen molar-refractivity contribution in [2.45, 2.75) is 57.3 Å². The Bertz CT molecular complexity index is 193. The summed E-state index contributed by atoms with van der Waals surface area (Å²) in [5.74, 6) is 0. The molecule has 0 bridgehead atoms. The second-order valence-corrected chi connectivity index (χ2v) is 9.94. The topological polar surface area (TPSA) is 31.0 Å². The summed E-state index contributed by atoms with van der Waals surface area (Å²) in [5.41, 5.74) is 0. The molecule has 0 aromatic heterocycles. The molecule has 1 unspecified atom stereocenters. The van der Waals surface area contributed by atoms with E-state index in [9.17, 15) is 0 Å². The quantitative estimate of drug-likeness (QED) is 0.325. The van der Waals surface area contributed by atoms with Crippen LogP contribution < -0.4 is 0 Å². The molecule has 0 amide bonds. The first-order valence-electron chi connectivity index (χ1n) is 6.88. The molecule has 1 aliphatic heterocycles. The molecule has 17 heavy (non-hydrogen) atoms. The number of ether oxygens (including phenoxy) is 2. The Morgan fingerprint density at radius 3 is 2.41 bits per heavy atom. The summed E-state index contributed by atoms with van der Waals surface area (Å²) in [7, 11) is 0.552. The number of rotatable bonds is 11. The van der Waals surface area contributed by atoms with Crippen LogP contribution in [0, 0.1) is 0 Å². The van der Waals surface area contributed by atoms with Gasteiger partial charge in [-0.3, -0.25) is 0 Å². The molecule has 0 N–H and O–H groups in total. The Balaban J connectivity index is 1.74. The van der Waals surface area contributed by atoms with E-state index >= 15 is 0 Å². The van der Waals surface area contributed by atoms with Crippen LogP contribution in [0.15, 0.2) is 0 Å². The van der Waals surface area contributed by atoms with Gasteiger partial charge in [-0.1, -0.05) is 25.7 Å². The van der Waals surface area contributed by atoms with E-state index in [4.69, 9.17) is 13.9 Å². The largest absolute Gasteiger partial charge is 0.420 e. The van der Waals surface area contributed by atoms with Crippen LogP contribution in [0.3, 0.4) is 0 Å². The first-order chi connectivity index (χ1) is 8.14. The average molecular weight is 260 g/mol. The van der Waals surface area contributed by atoms with Crippen LogP contribution in [0.2, 0.25) is 19.1 Å². The van der Waals surface area contributed by atoms with Crippen LogP contribution in [-0.4, -0.2) is 41.4 Å². The summed E-state index contributed by atoms with van der Waals surface area (Å²) in [6.45, 7) is 7.19. The minimum atomic E-state index is -1.30. The normalized spacial score (nSPS) is 19.6. The van der Waals surface area contributed by atoms with Crippen molar-refractivity contribution >= 4 is 8.32 Å². The third kappa shape index (κ3) is 8.77. The third-order valence-electron chi connectivity index (χ3n) is 3.33. The van der Waals surface area contributed by atoms with Crippen molar-refractivity contribution in [1.82, 2.24) is 0 Å². The molecule has 4 heteroatoms. The van der Waals surface area contributed by atoms with E-state index in [1.54, 1.807) is 0 Å². The van der Waals surface area contributed by atoms with Gasteiger partial charge in [-0.05, 0) is 25.6 Å².